The highest BCUT2D eigenvalue weighted by Gasteiger charge is 2.19. The van der Waals surface area contributed by atoms with Gasteiger partial charge in [-0.15, -0.1) is 11.3 Å². The van der Waals surface area contributed by atoms with Crippen LogP contribution in [0.5, 0.6) is 0 Å². The first-order valence-corrected chi connectivity index (χ1v) is 8.00. The zero-order chi connectivity index (χ0) is 13.0. The van der Waals surface area contributed by atoms with Crippen LogP contribution in [0.1, 0.15) is 49.5 Å². The largest absolute Gasteiger partial charge is 0.388 e. The van der Waals surface area contributed by atoms with Crippen LogP contribution in [0.25, 0.3) is 0 Å². The van der Waals surface area contributed by atoms with Crippen molar-refractivity contribution in [1.82, 2.24) is 4.90 Å². The number of nitrogens with zero attached hydrogens (tertiary/aromatic N) is 1. The Morgan fingerprint density at radius 2 is 2.11 bits per heavy atom. The number of halogens is 1. The quantitative estimate of drug-likeness (QED) is 0.882. The van der Waals surface area contributed by atoms with Crippen molar-refractivity contribution < 1.29 is 5.11 Å². The van der Waals surface area contributed by atoms with Gasteiger partial charge in [0, 0.05) is 17.5 Å². The molecule has 102 valence electrons. The lowest BCUT2D eigenvalue weighted by molar-refractivity contribution is 0.127. The summed E-state index contributed by atoms with van der Waals surface area (Å²) in [5.41, 5.74) is 0. The summed E-state index contributed by atoms with van der Waals surface area (Å²) in [6, 6.07) is 4.51. The van der Waals surface area contributed by atoms with E-state index in [1.54, 1.807) is 0 Å². The molecule has 1 aromatic heterocycles. The zero-order valence-corrected chi connectivity index (χ0v) is 12.5. The van der Waals surface area contributed by atoms with E-state index >= 15 is 0 Å². The molecule has 0 aliphatic heterocycles. The minimum atomic E-state index is -0.367. The minimum absolute atomic E-state index is 0.367. The standard InChI is InChI=1S/C14H22ClNOS/c1-16(11-5-3-2-4-6-11)10-9-12(17)13-7-8-14(15)18-13/h7-8,11-12,17H,2-6,9-10H2,1H3. The molecular formula is C14H22ClNOS. The van der Waals surface area contributed by atoms with Crippen molar-refractivity contribution in [3.8, 4) is 0 Å². The van der Waals surface area contributed by atoms with Crippen LogP contribution in [0.3, 0.4) is 0 Å². The Morgan fingerprint density at radius 3 is 2.72 bits per heavy atom. The second-order valence-corrected chi connectivity index (χ2v) is 6.97. The van der Waals surface area contributed by atoms with Crippen molar-refractivity contribution in [3.05, 3.63) is 21.3 Å². The molecule has 1 saturated carbocycles. The summed E-state index contributed by atoms with van der Waals surface area (Å²) in [4.78, 5) is 3.40. The maximum Gasteiger partial charge on any atom is 0.0932 e. The monoisotopic (exact) mass is 287 g/mol. The lowest BCUT2D eigenvalue weighted by Crippen LogP contribution is -2.34. The van der Waals surface area contributed by atoms with E-state index in [9.17, 15) is 5.11 Å². The summed E-state index contributed by atoms with van der Waals surface area (Å²) < 4.78 is 0.754. The molecule has 18 heavy (non-hydrogen) atoms. The maximum absolute atomic E-state index is 10.1. The van der Waals surface area contributed by atoms with Gasteiger partial charge in [0.05, 0.1) is 10.4 Å². The molecule has 1 N–H and O–H groups in total. The Labute approximate surface area is 119 Å². The lowest BCUT2D eigenvalue weighted by atomic mass is 9.94. The van der Waals surface area contributed by atoms with Gasteiger partial charge in [-0.3, -0.25) is 0 Å². The summed E-state index contributed by atoms with van der Waals surface area (Å²) in [6.07, 6.45) is 7.17. The number of hydrogen-bond donors (Lipinski definition) is 1. The molecule has 1 atom stereocenters. The van der Waals surface area contributed by atoms with Crippen molar-refractivity contribution in [2.24, 2.45) is 0 Å². The number of aliphatic hydroxyl groups is 1. The highest BCUT2D eigenvalue weighted by molar-refractivity contribution is 7.16. The van der Waals surface area contributed by atoms with Gasteiger partial charge in [0.2, 0.25) is 0 Å². The van der Waals surface area contributed by atoms with Gasteiger partial charge >= 0.3 is 0 Å². The van der Waals surface area contributed by atoms with E-state index in [4.69, 9.17) is 11.6 Å². The summed E-state index contributed by atoms with van der Waals surface area (Å²) >= 11 is 7.37. The van der Waals surface area contributed by atoms with Crippen LogP contribution in [0.2, 0.25) is 4.34 Å². The molecule has 1 aliphatic carbocycles. The second kappa shape index (κ2) is 6.90. The molecule has 1 unspecified atom stereocenters. The first-order chi connectivity index (χ1) is 8.66. The first-order valence-electron chi connectivity index (χ1n) is 6.80. The van der Waals surface area contributed by atoms with Crippen LogP contribution in [0.15, 0.2) is 12.1 Å². The van der Waals surface area contributed by atoms with Crippen LogP contribution in [-0.4, -0.2) is 29.6 Å². The highest BCUT2D eigenvalue weighted by Crippen LogP contribution is 2.29. The highest BCUT2D eigenvalue weighted by atomic mass is 35.5. The van der Waals surface area contributed by atoms with Gasteiger partial charge in [0.1, 0.15) is 0 Å². The van der Waals surface area contributed by atoms with Gasteiger partial charge in [-0.2, -0.15) is 0 Å². The first kappa shape index (κ1) is 14.3. The van der Waals surface area contributed by atoms with Gasteiger partial charge in [-0.1, -0.05) is 30.9 Å². The minimum Gasteiger partial charge on any atom is -0.388 e. The molecule has 0 aromatic carbocycles. The molecule has 0 saturated heterocycles. The van der Waals surface area contributed by atoms with E-state index in [0.717, 1.165) is 28.2 Å². The van der Waals surface area contributed by atoms with Gasteiger partial charge in [0.15, 0.2) is 0 Å². The fourth-order valence-corrected chi connectivity index (χ4v) is 3.76. The van der Waals surface area contributed by atoms with Crippen LogP contribution in [0, 0.1) is 0 Å². The van der Waals surface area contributed by atoms with Crippen LogP contribution in [0.4, 0.5) is 0 Å². The third kappa shape index (κ3) is 3.95. The van der Waals surface area contributed by atoms with Crippen molar-refractivity contribution in [2.45, 2.75) is 50.7 Å². The summed E-state index contributed by atoms with van der Waals surface area (Å²) in [7, 11) is 2.18. The smallest absolute Gasteiger partial charge is 0.0932 e. The molecular weight excluding hydrogens is 266 g/mol. The van der Waals surface area contributed by atoms with Gasteiger partial charge in [-0.05, 0) is 38.4 Å². The molecule has 1 aliphatic rings. The number of aliphatic hydroxyl groups excluding tert-OH is 1. The van der Waals surface area contributed by atoms with Crippen LogP contribution in [-0.2, 0) is 0 Å². The second-order valence-electron chi connectivity index (χ2n) is 5.22. The Kier molecular flexibility index (Phi) is 5.49. The zero-order valence-electron chi connectivity index (χ0n) is 10.9. The Balaban J connectivity index is 1.76. The molecule has 0 bridgehead atoms. The van der Waals surface area contributed by atoms with E-state index in [-0.39, 0.29) is 6.10 Å². The van der Waals surface area contributed by atoms with E-state index < -0.39 is 0 Å². The molecule has 1 fully saturated rings. The third-order valence-corrected chi connectivity index (χ3v) is 5.21. The molecule has 0 spiro atoms. The van der Waals surface area contributed by atoms with Crippen LogP contribution >= 0.6 is 22.9 Å². The summed E-state index contributed by atoms with van der Waals surface area (Å²) in [5.74, 6) is 0. The average molecular weight is 288 g/mol. The number of hydrogen-bond acceptors (Lipinski definition) is 3. The SMILES string of the molecule is CN(CCC(O)c1ccc(Cl)s1)C1CCCCC1. The van der Waals surface area contributed by atoms with E-state index in [1.165, 1.54) is 43.4 Å². The van der Waals surface area contributed by atoms with Gasteiger partial charge in [-0.25, -0.2) is 0 Å². The van der Waals surface area contributed by atoms with Crippen LogP contribution < -0.4 is 0 Å². The Hall–Kier alpha value is -0.0900. The fraction of sp³-hybridized carbons (Fsp3) is 0.714. The van der Waals surface area contributed by atoms with E-state index in [2.05, 4.69) is 11.9 Å². The average Bonchev–Trinajstić information content (AvgIpc) is 2.83. The predicted octanol–water partition coefficient (Wildman–Crippen LogP) is 4.09. The van der Waals surface area contributed by atoms with Crippen molar-refractivity contribution in [3.63, 3.8) is 0 Å². The summed E-state index contributed by atoms with van der Waals surface area (Å²) in [6.45, 7) is 0.960. The summed E-state index contributed by atoms with van der Waals surface area (Å²) in [5, 5.41) is 10.1. The van der Waals surface area contributed by atoms with E-state index in [1.807, 2.05) is 12.1 Å². The fourth-order valence-electron chi connectivity index (χ4n) is 2.68. The van der Waals surface area contributed by atoms with E-state index in [0.29, 0.717) is 0 Å². The Bertz CT molecular complexity index is 362. The van der Waals surface area contributed by atoms with Gasteiger partial charge in [0.25, 0.3) is 0 Å². The third-order valence-electron chi connectivity index (χ3n) is 3.88. The topological polar surface area (TPSA) is 23.5 Å². The normalized spacial score (nSPS) is 19.3. The predicted molar refractivity (Wildman–Crippen MR) is 78.4 cm³/mol. The van der Waals surface area contributed by atoms with Crippen molar-refractivity contribution >= 4 is 22.9 Å². The molecule has 0 radical (unpaired) electrons. The molecule has 4 heteroatoms. The number of thiophene rings is 1. The lowest BCUT2D eigenvalue weighted by Gasteiger charge is -2.31. The van der Waals surface area contributed by atoms with Crippen molar-refractivity contribution in [1.29, 1.82) is 0 Å². The Morgan fingerprint density at radius 1 is 1.39 bits per heavy atom. The molecule has 0 amide bonds. The number of rotatable bonds is 5. The van der Waals surface area contributed by atoms with Gasteiger partial charge < -0.3 is 10.0 Å². The molecule has 2 nitrogen and oxygen atoms in total. The molecule has 1 heterocycles. The molecule has 1 aromatic rings. The maximum atomic E-state index is 10.1. The molecule has 2 rings (SSSR count). The van der Waals surface area contributed by atoms with Crippen molar-refractivity contribution in [2.75, 3.05) is 13.6 Å².